The smallest absolute Gasteiger partial charge is 0.240 e. The van der Waals surface area contributed by atoms with E-state index in [0.717, 1.165) is 29.7 Å². The van der Waals surface area contributed by atoms with Crippen LogP contribution in [0.3, 0.4) is 0 Å². The van der Waals surface area contributed by atoms with Crippen molar-refractivity contribution in [1.29, 1.82) is 0 Å². The standard InChI is InChI=1S/C23H27N3O5S/c1-15-3-8-21(31-2)19(13-15)25-22(27)9-11-24-32(29,30)18-6-7-20-17(14-18)10-12-26(20)23(28)16-4-5-16/h3,6-8,13-14,16,24H,4-5,9-12H2,1-2H3,(H,25,27). The molecule has 2 aromatic rings. The number of carbonyl (C=O) groups is 2. The first-order valence-electron chi connectivity index (χ1n) is 10.7. The molecule has 0 saturated heterocycles. The summed E-state index contributed by atoms with van der Waals surface area (Å²) in [6.45, 7) is 2.46. The number of hydrogen-bond acceptors (Lipinski definition) is 5. The van der Waals surface area contributed by atoms with Crippen LogP contribution in [0.25, 0.3) is 0 Å². The topological polar surface area (TPSA) is 105 Å². The molecule has 0 aromatic heterocycles. The van der Waals surface area contributed by atoms with E-state index in [1.54, 1.807) is 29.2 Å². The monoisotopic (exact) mass is 457 g/mol. The molecule has 32 heavy (non-hydrogen) atoms. The summed E-state index contributed by atoms with van der Waals surface area (Å²) in [4.78, 5) is 26.6. The number of fused-ring (bicyclic) bond motifs is 1. The molecule has 2 aromatic carbocycles. The second kappa shape index (κ2) is 8.91. The molecule has 0 atom stereocenters. The SMILES string of the molecule is COc1ccc(C)cc1NC(=O)CCNS(=O)(=O)c1ccc2c(c1)CCN2C(=O)C1CC1. The number of nitrogens with zero attached hydrogens (tertiary/aromatic N) is 1. The van der Waals surface area contributed by atoms with Crippen molar-refractivity contribution in [3.05, 3.63) is 47.5 Å². The van der Waals surface area contributed by atoms with Crippen LogP contribution in [0.15, 0.2) is 41.3 Å². The average molecular weight is 458 g/mol. The maximum Gasteiger partial charge on any atom is 0.240 e. The zero-order chi connectivity index (χ0) is 22.9. The summed E-state index contributed by atoms with van der Waals surface area (Å²) in [6.07, 6.45) is 2.49. The van der Waals surface area contributed by atoms with Gasteiger partial charge in [-0.25, -0.2) is 13.1 Å². The van der Waals surface area contributed by atoms with Crippen molar-refractivity contribution in [3.63, 3.8) is 0 Å². The van der Waals surface area contributed by atoms with E-state index >= 15 is 0 Å². The molecule has 1 heterocycles. The van der Waals surface area contributed by atoms with Gasteiger partial charge >= 0.3 is 0 Å². The van der Waals surface area contributed by atoms with Gasteiger partial charge in [-0.05, 0) is 67.6 Å². The summed E-state index contributed by atoms with van der Waals surface area (Å²) in [6, 6.07) is 10.3. The average Bonchev–Trinajstić information content (AvgIpc) is 3.52. The molecule has 4 rings (SSSR count). The Morgan fingerprint density at radius 3 is 2.66 bits per heavy atom. The number of methoxy groups -OCH3 is 1. The van der Waals surface area contributed by atoms with Gasteiger partial charge in [0, 0.05) is 31.1 Å². The van der Waals surface area contributed by atoms with Gasteiger partial charge in [-0.15, -0.1) is 0 Å². The first-order chi connectivity index (χ1) is 15.3. The fourth-order valence-electron chi connectivity index (χ4n) is 3.84. The van der Waals surface area contributed by atoms with Crippen LogP contribution in [0.4, 0.5) is 11.4 Å². The van der Waals surface area contributed by atoms with Crippen molar-refractivity contribution in [3.8, 4) is 5.75 Å². The van der Waals surface area contributed by atoms with Gasteiger partial charge in [-0.1, -0.05) is 6.07 Å². The van der Waals surface area contributed by atoms with Crippen molar-refractivity contribution >= 4 is 33.2 Å². The molecular formula is C23H27N3O5S. The number of hydrogen-bond donors (Lipinski definition) is 2. The number of rotatable bonds is 8. The van der Waals surface area contributed by atoms with Gasteiger partial charge in [0.15, 0.2) is 0 Å². The molecule has 1 saturated carbocycles. The molecule has 2 N–H and O–H groups in total. The number of nitrogens with one attached hydrogen (secondary N) is 2. The van der Waals surface area contributed by atoms with E-state index in [9.17, 15) is 18.0 Å². The highest BCUT2D eigenvalue weighted by molar-refractivity contribution is 7.89. The molecule has 2 aliphatic rings. The number of anilines is 2. The molecule has 0 bridgehead atoms. The number of ether oxygens (including phenoxy) is 1. The molecule has 1 fully saturated rings. The number of amides is 2. The lowest BCUT2D eigenvalue weighted by molar-refractivity contribution is -0.119. The highest BCUT2D eigenvalue weighted by Crippen LogP contribution is 2.37. The largest absolute Gasteiger partial charge is 0.495 e. The lowest BCUT2D eigenvalue weighted by atomic mass is 10.2. The summed E-state index contributed by atoms with van der Waals surface area (Å²) >= 11 is 0. The lowest BCUT2D eigenvalue weighted by Gasteiger charge is -2.17. The van der Waals surface area contributed by atoms with Crippen LogP contribution in [0.1, 0.15) is 30.4 Å². The highest BCUT2D eigenvalue weighted by atomic mass is 32.2. The molecule has 2 amide bonds. The Morgan fingerprint density at radius 1 is 1.16 bits per heavy atom. The van der Waals surface area contributed by atoms with Gasteiger partial charge in [0.05, 0.1) is 17.7 Å². The van der Waals surface area contributed by atoms with Crippen LogP contribution in [0.5, 0.6) is 5.75 Å². The summed E-state index contributed by atoms with van der Waals surface area (Å²) in [5, 5.41) is 2.76. The summed E-state index contributed by atoms with van der Waals surface area (Å²) in [5.41, 5.74) is 3.17. The van der Waals surface area contributed by atoms with E-state index in [1.165, 1.54) is 13.2 Å². The molecular weight excluding hydrogens is 430 g/mol. The van der Waals surface area contributed by atoms with Crippen molar-refractivity contribution in [2.75, 3.05) is 30.4 Å². The second-order valence-electron chi connectivity index (χ2n) is 8.20. The van der Waals surface area contributed by atoms with Gasteiger partial charge in [-0.3, -0.25) is 9.59 Å². The Balaban J connectivity index is 1.35. The number of sulfonamides is 1. The van der Waals surface area contributed by atoms with E-state index in [-0.39, 0.29) is 35.6 Å². The summed E-state index contributed by atoms with van der Waals surface area (Å²) in [5.74, 6) is 0.474. The van der Waals surface area contributed by atoms with E-state index in [1.807, 2.05) is 13.0 Å². The Morgan fingerprint density at radius 2 is 1.94 bits per heavy atom. The molecule has 0 spiro atoms. The number of aryl methyl sites for hydroxylation is 1. The highest BCUT2D eigenvalue weighted by Gasteiger charge is 2.36. The molecule has 1 aliphatic carbocycles. The van der Waals surface area contributed by atoms with Crippen molar-refractivity contribution in [2.24, 2.45) is 5.92 Å². The third kappa shape index (κ3) is 4.78. The minimum absolute atomic E-state index is 0.0229. The molecule has 0 unspecified atom stereocenters. The third-order valence-corrected chi connectivity index (χ3v) is 7.18. The number of benzene rings is 2. The van der Waals surface area contributed by atoms with Gasteiger partial charge in [0.2, 0.25) is 21.8 Å². The maximum absolute atomic E-state index is 12.7. The van der Waals surface area contributed by atoms with Gasteiger partial charge in [0.1, 0.15) is 5.75 Å². The maximum atomic E-state index is 12.7. The molecule has 9 heteroatoms. The minimum Gasteiger partial charge on any atom is -0.495 e. The Labute approximate surface area is 188 Å². The predicted molar refractivity (Wildman–Crippen MR) is 121 cm³/mol. The quantitative estimate of drug-likeness (QED) is 0.634. The Bertz CT molecular complexity index is 1160. The molecule has 1 aliphatic heterocycles. The molecule has 0 radical (unpaired) electrons. The van der Waals surface area contributed by atoms with E-state index in [0.29, 0.717) is 24.4 Å². The van der Waals surface area contributed by atoms with Gasteiger partial charge in [0.25, 0.3) is 0 Å². The molecule has 8 nitrogen and oxygen atoms in total. The number of carbonyl (C=O) groups excluding carboxylic acids is 2. The zero-order valence-electron chi connectivity index (χ0n) is 18.2. The van der Waals surface area contributed by atoms with Gasteiger partial charge < -0.3 is 15.0 Å². The Kier molecular flexibility index (Phi) is 6.21. The van der Waals surface area contributed by atoms with Crippen LogP contribution < -0.4 is 19.7 Å². The summed E-state index contributed by atoms with van der Waals surface area (Å²) in [7, 11) is -2.25. The van der Waals surface area contributed by atoms with Crippen LogP contribution >= 0.6 is 0 Å². The summed E-state index contributed by atoms with van der Waals surface area (Å²) < 4.78 is 33.1. The lowest BCUT2D eigenvalue weighted by Crippen LogP contribution is -2.30. The Hall–Kier alpha value is -2.91. The normalized spacial score (nSPS) is 15.4. The second-order valence-corrected chi connectivity index (χ2v) is 9.97. The van der Waals surface area contributed by atoms with E-state index < -0.39 is 10.0 Å². The van der Waals surface area contributed by atoms with Crippen LogP contribution in [0, 0.1) is 12.8 Å². The van der Waals surface area contributed by atoms with Crippen LogP contribution in [-0.4, -0.2) is 40.4 Å². The minimum atomic E-state index is -3.77. The van der Waals surface area contributed by atoms with Crippen molar-refractivity contribution in [2.45, 2.75) is 37.5 Å². The van der Waals surface area contributed by atoms with Gasteiger partial charge in [-0.2, -0.15) is 0 Å². The fraction of sp³-hybridized carbons (Fsp3) is 0.391. The van der Waals surface area contributed by atoms with E-state index in [2.05, 4.69) is 10.0 Å². The first-order valence-corrected chi connectivity index (χ1v) is 12.2. The first kappa shape index (κ1) is 22.3. The third-order valence-electron chi connectivity index (χ3n) is 5.72. The van der Waals surface area contributed by atoms with E-state index in [4.69, 9.17) is 4.74 Å². The van der Waals surface area contributed by atoms with Crippen molar-refractivity contribution < 1.29 is 22.7 Å². The zero-order valence-corrected chi connectivity index (χ0v) is 19.0. The fourth-order valence-corrected chi connectivity index (χ4v) is 4.92. The predicted octanol–water partition coefficient (Wildman–Crippen LogP) is 2.61. The van der Waals surface area contributed by atoms with Crippen LogP contribution in [-0.2, 0) is 26.0 Å². The molecule has 170 valence electrons. The van der Waals surface area contributed by atoms with Crippen LogP contribution in [0.2, 0.25) is 0 Å². The van der Waals surface area contributed by atoms with Crippen molar-refractivity contribution in [1.82, 2.24) is 4.72 Å².